The smallest absolute Gasteiger partial charge is 0.223 e. The quantitative estimate of drug-likeness (QED) is 0.444. The van der Waals surface area contributed by atoms with Crippen molar-refractivity contribution in [2.24, 2.45) is 0 Å². The third-order valence-corrected chi connectivity index (χ3v) is 2.44. The fourth-order valence-electron chi connectivity index (χ4n) is 1.26. The van der Waals surface area contributed by atoms with E-state index < -0.39 is 5.54 Å². The predicted molar refractivity (Wildman–Crippen MR) is 61.7 cm³/mol. The molecule has 90 valence electrons. The van der Waals surface area contributed by atoms with Gasteiger partial charge in [-0.05, 0) is 6.42 Å². The highest BCUT2D eigenvalue weighted by molar-refractivity contribution is 5.49. The Bertz CT molecular complexity index is 325. The Kier molecular flexibility index (Phi) is 3.86. The molecule has 0 bridgehead atoms. The van der Waals surface area contributed by atoms with Crippen molar-refractivity contribution in [3.63, 3.8) is 0 Å². The van der Waals surface area contributed by atoms with E-state index in [4.69, 9.17) is 11.5 Å². The normalized spacial score (nSPS) is 11.4. The van der Waals surface area contributed by atoms with Crippen LogP contribution in [0.4, 0.5) is 17.6 Å². The highest BCUT2D eigenvalue weighted by atomic mass is 16.3. The molecule has 0 aromatic carbocycles. The van der Waals surface area contributed by atoms with E-state index in [2.05, 4.69) is 15.3 Å². The summed E-state index contributed by atoms with van der Waals surface area (Å²) in [5, 5.41) is 21.4. The lowest BCUT2D eigenvalue weighted by Gasteiger charge is -2.30. The summed E-state index contributed by atoms with van der Waals surface area (Å²) in [5.74, 6) is 0.661. The van der Waals surface area contributed by atoms with Crippen LogP contribution in [0, 0.1) is 0 Å². The van der Waals surface area contributed by atoms with Gasteiger partial charge in [0.05, 0.1) is 18.8 Å². The molecule has 7 nitrogen and oxygen atoms in total. The molecule has 0 unspecified atom stereocenters. The molecule has 0 amide bonds. The van der Waals surface area contributed by atoms with Crippen molar-refractivity contribution in [3.05, 3.63) is 6.07 Å². The van der Waals surface area contributed by atoms with Crippen LogP contribution in [0.1, 0.15) is 13.3 Å². The van der Waals surface area contributed by atoms with Crippen LogP contribution < -0.4 is 16.8 Å². The van der Waals surface area contributed by atoms with Crippen LogP contribution in [0.3, 0.4) is 0 Å². The van der Waals surface area contributed by atoms with Gasteiger partial charge in [-0.15, -0.1) is 0 Å². The molecule has 0 aliphatic carbocycles. The van der Waals surface area contributed by atoms with Gasteiger partial charge in [0.1, 0.15) is 11.6 Å². The van der Waals surface area contributed by atoms with Crippen LogP contribution in [0.15, 0.2) is 6.07 Å². The molecule has 0 fully saturated rings. The number of nitrogens with two attached hydrogens (primary N) is 2. The summed E-state index contributed by atoms with van der Waals surface area (Å²) in [5.41, 5.74) is 10.1. The Balaban J connectivity index is 2.93. The third-order valence-electron chi connectivity index (χ3n) is 2.44. The standard InChI is InChI=1S/C9H17N5O2/c1-2-9(4-15,5-16)14-7-3-6(10)12-8(11)13-7/h3,15-16H,2,4-5H2,1H3,(H5,10,11,12,13,14). The van der Waals surface area contributed by atoms with E-state index in [1.807, 2.05) is 6.92 Å². The lowest BCUT2D eigenvalue weighted by molar-refractivity contribution is 0.132. The minimum Gasteiger partial charge on any atom is -0.394 e. The van der Waals surface area contributed by atoms with Crippen molar-refractivity contribution in [1.82, 2.24) is 9.97 Å². The number of hydrogen-bond donors (Lipinski definition) is 5. The summed E-state index contributed by atoms with van der Waals surface area (Å²) >= 11 is 0. The number of aliphatic hydroxyl groups is 2. The zero-order chi connectivity index (χ0) is 12.2. The van der Waals surface area contributed by atoms with E-state index in [9.17, 15) is 10.2 Å². The first-order valence-electron chi connectivity index (χ1n) is 4.95. The van der Waals surface area contributed by atoms with Crippen LogP contribution in [-0.4, -0.2) is 38.9 Å². The van der Waals surface area contributed by atoms with Crippen molar-refractivity contribution < 1.29 is 10.2 Å². The Labute approximate surface area is 93.5 Å². The van der Waals surface area contributed by atoms with Crippen molar-refractivity contribution in [2.45, 2.75) is 18.9 Å². The summed E-state index contributed by atoms with van der Waals surface area (Å²) in [7, 11) is 0. The maximum atomic E-state index is 9.25. The van der Waals surface area contributed by atoms with E-state index in [0.717, 1.165) is 0 Å². The second-order valence-electron chi connectivity index (χ2n) is 3.61. The molecule has 7 N–H and O–H groups in total. The first-order chi connectivity index (χ1) is 7.55. The van der Waals surface area contributed by atoms with Gasteiger partial charge in [0.15, 0.2) is 0 Å². The molecule has 1 aromatic rings. The monoisotopic (exact) mass is 227 g/mol. The number of nitrogens with one attached hydrogen (secondary N) is 1. The van der Waals surface area contributed by atoms with E-state index in [0.29, 0.717) is 12.2 Å². The summed E-state index contributed by atoms with van der Waals surface area (Å²) in [6, 6.07) is 1.49. The first kappa shape index (κ1) is 12.5. The first-order valence-corrected chi connectivity index (χ1v) is 4.95. The number of nitrogen functional groups attached to an aromatic ring is 2. The van der Waals surface area contributed by atoms with Crippen molar-refractivity contribution >= 4 is 17.6 Å². The number of anilines is 3. The Morgan fingerprint density at radius 2 is 1.94 bits per heavy atom. The van der Waals surface area contributed by atoms with Crippen molar-refractivity contribution in [1.29, 1.82) is 0 Å². The lowest BCUT2D eigenvalue weighted by Crippen LogP contribution is -2.45. The zero-order valence-electron chi connectivity index (χ0n) is 9.14. The summed E-state index contributed by atoms with van der Waals surface area (Å²) < 4.78 is 0. The van der Waals surface area contributed by atoms with Crippen LogP contribution in [0.5, 0.6) is 0 Å². The molecule has 0 aliphatic heterocycles. The minimum atomic E-state index is -0.826. The lowest BCUT2D eigenvalue weighted by atomic mass is 9.98. The molecular formula is C9H17N5O2. The molecule has 0 saturated carbocycles. The number of rotatable bonds is 5. The Morgan fingerprint density at radius 3 is 2.38 bits per heavy atom. The van der Waals surface area contributed by atoms with E-state index in [-0.39, 0.29) is 25.0 Å². The van der Waals surface area contributed by atoms with Gasteiger partial charge in [-0.25, -0.2) is 0 Å². The molecule has 0 aliphatic rings. The topological polar surface area (TPSA) is 130 Å². The molecule has 7 heteroatoms. The van der Waals surface area contributed by atoms with Crippen molar-refractivity contribution in [2.75, 3.05) is 30.0 Å². The van der Waals surface area contributed by atoms with Gasteiger partial charge >= 0.3 is 0 Å². The Morgan fingerprint density at radius 1 is 1.31 bits per heavy atom. The van der Waals surface area contributed by atoms with Crippen LogP contribution in [0.25, 0.3) is 0 Å². The molecule has 0 spiro atoms. The number of hydrogen-bond acceptors (Lipinski definition) is 7. The molecule has 1 rings (SSSR count). The minimum absolute atomic E-state index is 0.0448. The van der Waals surface area contributed by atoms with Crippen LogP contribution >= 0.6 is 0 Å². The SMILES string of the molecule is CCC(CO)(CO)Nc1cc(N)nc(N)n1. The third kappa shape index (κ3) is 2.71. The van der Waals surface area contributed by atoms with Gasteiger partial charge in [-0.2, -0.15) is 9.97 Å². The molecule has 16 heavy (non-hydrogen) atoms. The van der Waals surface area contributed by atoms with Gasteiger partial charge in [-0.1, -0.05) is 6.92 Å². The maximum absolute atomic E-state index is 9.25. The zero-order valence-corrected chi connectivity index (χ0v) is 9.14. The van der Waals surface area contributed by atoms with Gasteiger partial charge in [-0.3, -0.25) is 0 Å². The van der Waals surface area contributed by atoms with Crippen LogP contribution in [0.2, 0.25) is 0 Å². The van der Waals surface area contributed by atoms with Gasteiger partial charge in [0.2, 0.25) is 5.95 Å². The summed E-state index contributed by atoms with van der Waals surface area (Å²) in [4.78, 5) is 7.64. The molecule has 0 saturated heterocycles. The second-order valence-corrected chi connectivity index (χ2v) is 3.61. The van der Waals surface area contributed by atoms with Crippen LogP contribution in [-0.2, 0) is 0 Å². The number of nitrogens with zero attached hydrogens (tertiary/aromatic N) is 2. The molecule has 1 heterocycles. The predicted octanol–water partition coefficient (Wildman–Crippen LogP) is -0.814. The summed E-state index contributed by atoms with van der Waals surface area (Å²) in [6.07, 6.45) is 0.532. The van der Waals surface area contributed by atoms with E-state index in [1.54, 1.807) is 0 Å². The molecular weight excluding hydrogens is 210 g/mol. The van der Waals surface area contributed by atoms with Gasteiger partial charge < -0.3 is 27.0 Å². The molecule has 0 radical (unpaired) electrons. The Hall–Kier alpha value is -1.60. The highest BCUT2D eigenvalue weighted by Gasteiger charge is 2.26. The van der Waals surface area contributed by atoms with Gasteiger partial charge in [0.25, 0.3) is 0 Å². The number of aliphatic hydroxyl groups excluding tert-OH is 2. The summed E-state index contributed by atoms with van der Waals surface area (Å²) in [6.45, 7) is 1.40. The van der Waals surface area contributed by atoms with E-state index in [1.165, 1.54) is 6.07 Å². The van der Waals surface area contributed by atoms with Gasteiger partial charge in [0, 0.05) is 6.07 Å². The second kappa shape index (κ2) is 4.95. The maximum Gasteiger partial charge on any atom is 0.223 e. The van der Waals surface area contributed by atoms with Crippen molar-refractivity contribution in [3.8, 4) is 0 Å². The largest absolute Gasteiger partial charge is 0.394 e. The fourth-order valence-corrected chi connectivity index (χ4v) is 1.26. The highest BCUT2D eigenvalue weighted by Crippen LogP contribution is 2.18. The average molecular weight is 227 g/mol. The number of aromatic nitrogens is 2. The van der Waals surface area contributed by atoms with E-state index >= 15 is 0 Å². The molecule has 0 atom stereocenters. The fraction of sp³-hybridized carbons (Fsp3) is 0.556. The average Bonchev–Trinajstić information content (AvgIpc) is 2.25. The molecule has 1 aromatic heterocycles.